The summed E-state index contributed by atoms with van der Waals surface area (Å²) in [6.07, 6.45) is 0. The van der Waals surface area contributed by atoms with Crippen LogP contribution in [0.15, 0.2) is 23.0 Å². The Balaban J connectivity index is 2.60. The minimum absolute atomic E-state index is 0.189. The summed E-state index contributed by atoms with van der Waals surface area (Å²) in [6, 6.07) is 5.33. The maximum absolute atomic E-state index is 11.5. The van der Waals surface area contributed by atoms with Crippen molar-refractivity contribution < 1.29 is 9.63 Å². The number of aromatic nitrogens is 1. The molecule has 17 heavy (non-hydrogen) atoms. The minimum Gasteiger partial charge on any atom is -0.413 e. The molecule has 6 heteroatoms. The molecule has 1 amide bonds. The van der Waals surface area contributed by atoms with Gasteiger partial charge in [0.05, 0.1) is 10.6 Å². The van der Waals surface area contributed by atoms with Crippen LogP contribution < -0.4 is 15.4 Å². The first-order valence-corrected chi connectivity index (χ1v) is 5.85. The molecule has 5 nitrogen and oxygen atoms in total. The topological polar surface area (TPSA) is 74.3 Å². The highest BCUT2D eigenvalue weighted by Crippen LogP contribution is 2.23. The van der Waals surface area contributed by atoms with E-state index in [9.17, 15) is 9.59 Å². The summed E-state index contributed by atoms with van der Waals surface area (Å²) < 4.78 is 2.00. The Morgan fingerprint density at radius 2 is 2.24 bits per heavy atom. The maximum Gasteiger partial charge on any atom is 0.340 e. The number of carbonyl (C=O) groups is 1. The molecule has 1 heterocycles. The van der Waals surface area contributed by atoms with Crippen molar-refractivity contribution in [2.24, 2.45) is 5.73 Å². The normalized spacial score (nSPS) is 12.6. The predicted molar refractivity (Wildman–Crippen MR) is 66.2 cm³/mol. The van der Waals surface area contributed by atoms with Gasteiger partial charge in [-0.25, -0.2) is 0 Å². The zero-order valence-electron chi connectivity index (χ0n) is 9.47. The Morgan fingerprint density at radius 3 is 2.82 bits per heavy atom. The third-order valence-corrected chi connectivity index (χ3v) is 3.56. The van der Waals surface area contributed by atoms with Gasteiger partial charge < -0.3 is 10.6 Å². The lowest BCUT2D eigenvalue weighted by atomic mass is 10.0. The Hall–Kier alpha value is -1.82. The molecular formula is C11H12N2O3S. The van der Waals surface area contributed by atoms with E-state index in [2.05, 4.69) is 0 Å². The van der Waals surface area contributed by atoms with Crippen molar-refractivity contribution in [2.75, 3.05) is 7.11 Å². The molecule has 0 spiro atoms. The molecule has 0 fully saturated rings. The first-order chi connectivity index (χ1) is 8.04. The monoisotopic (exact) mass is 252 g/mol. The number of hydrogen-bond donors (Lipinski definition) is 1. The van der Waals surface area contributed by atoms with E-state index in [-0.39, 0.29) is 16.7 Å². The molecular weight excluding hydrogens is 240 g/mol. The van der Waals surface area contributed by atoms with Crippen molar-refractivity contribution in [3.63, 3.8) is 0 Å². The Bertz CT molecular complexity index is 629. The molecule has 0 saturated heterocycles. The van der Waals surface area contributed by atoms with Gasteiger partial charge in [-0.3, -0.25) is 9.59 Å². The number of benzene rings is 1. The standard InChI is InChI=1S/C11H12N2O3S/c1-6(10(12)14)7-3-4-8-9(5-7)17-11(15)13(8)16-2/h3-6H,1-2H3,(H2,12,14). The average molecular weight is 252 g/mol. The summed E-state index contributed by atoms with van der Waals surface area (Å²) in [6.45, 7) is 1.74. The van der Waals surface area contributed by atoms with Crippen molar-refractivity contribution in [3.8, 4) is 0 Å². The fourth-order valence-corrected chi connectivity index (χ4v) is 2.52. The van der Waals surface area contributed by atoms with Crippen LogP contribution in [0.1, 0.15) is 18.4 Å². The second-order valence-electron chi connectivity index (χ2n) is 3.70. The zero-order valence-corrected chi connectivity index (χ0v) is 10.3. The number of rotatable bonds is 3. The van der Waals surface area contributed by atoms with Gasteiger partial charge in [-0.1, -0.05) is 17.4 Å². The van der Waals surface area contributed by atoms with E-state index in [1.54, 1.807) is 25.1 Å². The highest BCUT2D eigenvalue weighted by molar-refractivity contribution is 7.16. The quantitative estimate of drug-likeness (QED) is 0.874. The summed E-state index contributed by atoms with van der Waals surface area (Å²) >= 11 is 1.08. The van der Waals surface area contributed by atoms with Gasteiger partial charge in [0.2, 0.25) is 5.91 Å². The number of primary amides is 1. The van der Waals surface area contributed by atoms with E-state index in [1.807, 2.05) is 0 Å². The van der Waals surface area contributed by atoms with Gasteiger partial charge in [-0.2, -0.15) is 0 Å². The lowest BCUT2D eigenvalue weighted by Gasteiger charge is -2.07. The van der Waals surface area contributed by atoms with Crippen LogP contribution in [0.5, 0.6) is 0 Å². The molecule has 1 aromatic heterocycles. The molecule has 90 valence electrons. The molecule has 0 saturated carbocycles. The molecule has 2 N–H and O–H groups in total. The van der Waals surface area contributed by atoms with Crippen molar-refractivity contribution in [1.82, 2.24) is 4.73 Å². The van der Waals surface area contributed by atoms with Crippen LogP contribution in [0.3, 0.4) is 0 Å². The average Bonchev–Trinajstić information content (AvgIpc) is 2.61. The van der Waals surface area contributed by atoms with Gasteiger partial charge in [0, 0.05) is 0 Å². The van der Waals surface area contributed by atoms with E-state index < -0.39 is 0 Å². The number of amides is 1. The lowest BCUT2D eigenvalue weighted by molar-refractivity contribution is -0.119. The van der Waals surface area contributed by atoms with Gasteiger partial charge in [-0.05, 0) is 24.6 Å². The van der Waals surface area contributed by atoms with Gasteiger partial charge in [0.25, 0.3) is 0 Å². The third-order valence-electron chi connectivity index (χ3n) is 2.68. The highest BCUT2D eigenvalue weighted by Gasteiger charge is 2.14. The molecule has 1 unspecified atom stereocenters. The molecule has 0 bridgehead atoms. The SMILES string of the molecule is COn1c(=O)sc2cc(C(C)C(N)=O)ccc21. The maximum atomic E-state index is 11.5. The fourth-order valence-electron chi connectivity index (χ4n) is 1.62. The Kier molecular flexibility index (Phi) is 2.89. The molecule has 1 atom stereocenters. The zero-order chi connectivity index (χ0) is 12.6. The molecule has 0 aliphatic carbocycles. The second kappa shape index (κ2) is 4.21. The summed E-state index contributed by atoms with van der Waals surface area (Å²) in [4.78, 5) is 27.4. The van der Waals surface area contributed by atoms with E-state index in [1.165, 1.54) is 11.8 Å². The highest BCUT2D eigenvalue weighted by atomic mass is 32.1. The van der Waals surface area contributed by atoms with Crippen molar-refractivity contribution >= 4 is 27.5 Å². The van der Waals surface area contributed by atoms with E-state index in [0.717, 1.165) is 21.6 Å². The largest absolute Gasteiger partial charge is 0.413 e. The number of thiazole rings is 1. The van der Waals surface area contributed by atoms with Crippen LogP contribution in [0.2, 0.25) is 0 Å². The fraction of sp³-hybridized carbons (Fsp3) is 0.273. The van der Waals surface area contributed by atoms with Crippen LogP contribution in [0.4, 0.5) is 0 Å². The summed E-state index contributed by atoms with van der Waals surface area (Å²) in [5.74, 6) is -0.754. The molecule has 1 aromatic carbocycles. The van der Waals surface area contributed by atoms with Crippen LogP contribution in [-0.2, 0) is 4.79 Å². The number of nitrogens with zero attached hydrogens (tertiary/aromatic N) is 1. The number of hydrogen-bond acceptors (Lipinski definition) is 4. The smallest absolute Gasteiger partial charge is 0.340 e. The summed E-state index contributed by atoms with van der Waals surface area (Å²) in [5.41, 5.74) is 6.74. The number of fused-ring (bicyclic) bond motifs is 1. The molecule has 0 aliphatic rings. The molecule has 0 radical (unpaired) electrons. The summed E-state index contributed by atoms with van der Waals surface area (Å²) in [5, 5.41) is 0. The van der Waals surface area contributed by atoms with E-state index >= 15 is 0 Å². The molecule has 0 aliphatic heterocycles. The van der Waals surface area contributed by atoms with Crippen LogP contribution in [-0.4, -0.2) is 17.7 Å². The molecule has 2 rings (SSSR count). The van der Waals surface area contributed by atoms with E-state index in [0.29, 0.717) is 5.52 Å². The minimum atomic E-state index is -0.386. The van der Waals surface area contributed by atoms with E-state index in [4.69, 9.17) is 10.6 Å². The van der Waals surface area contributed by atoms with Gasteiger partial charge in [0.1, 0.15) is 12.6 Å². The Morgan fingerprint density at radius 1 is 1.53 bits per heavy atom. The van der Waals surface area contributed by atoms with Crippen molar-refractivity contribution in [1.29, 1.82) is 0 Å². The van der Waals surface area contributed by atoms with Crippen LogP contribution >= 0.6 is 11.3 Å². The lowest BCUT2D eigenvalue weighted by Crippen LogP contribution is -2.19. The van der Waals surface area contributed by atoms with Crippen molar-refractivity contribution in [2.45, 2.75) is 12.8 Å². The third kappa shape index (κ3) is 1.91. The first-order valence-electron chi connectivity index (χ1n) is 5.04. The van der Waals surface area contributed by atoms with Crippen molar-refractivity contribution in [3.05, 3.63) is 33.4 Å². The van der Waals surface area contributed by atoms with Gasteiger partial charge in [0.15, 0.2) is 0 Å². The summed E-state index contributed by atoms with van der Waals surface area (Å²) in [7, 11) is 1.44. The number of carbonyl (C=O) groups excluding carboxylic acids is 1. The van der Waals surface area contributed by atoms with Crippen LogP contribution in [0, 0.1) is 0 Å². The van der Waals surface area contributed by atoms with Gasteiger partial charge >= 0.3 is 4.87 Å². The van der Waals surface area contributed by atoms with Crippen LogP contribution in [0.25, 0.3) is 10.2 Å². The first kappa shape index (κ1) is 11.7. The molecule has 2 aromatic rings. The second-order valence-corrected chi connectivity index (χ2v) is 4.69. The number of nitrogens with two attached hydrogens (primary N) is 1. The van der Waals surface area contributed by atoms with Gasteiger partial charge in [-0.15, -0.1) is 4.73 Å². The Labute approximate surface area is 101 Å². The predicted octanol–water partition coefficient (Wildman–Crippen LogP) is 0.710.